The number of urea groups is 2. The molecule has 0 spiro atoms. The Bertz CT molecular complexity index is 1420. The third-order valence-corrected chi connectivity index (χ3v) is 6.84. The summed E-state index contributed by atoms with van der Waals surface area (Å²) in [6, 6.07) is 20.3. The molecule has 234 valence electrons. The molecule has 44 heavy (non-hydrogen) atoms. The summed E-state index contributed by atoms with van der Waals surface area (Å²) >= 11 is 9.87. The van der Waals surface area contributed by atoms with Gasteiger partial charge >= 0.3 is 24.0 Å². The first-order valence-electron chi connectivity index (χ1n) is 13.7. The van der Waals surface area contributed by atoms with Crippen molar-refractivity contribution in [2.24, 2.45) is 0 Å². The number of halogens is 3. The summed E-state index contributed by atoms with van der Waals surface area (Å²) in [6.45, 7) is 3.62. The van der Waals surface area contributed by atoms with E-state index in [4.69, 9.17) is 9.47 Å². The van der Waals surface area contributed by atoms with Crippen LogP contribution < -0.4 is 21.3 Å². The first-order chi connectivity index (χ1) is 20.9. The lowest BCUT2D eigenvalue weighted by Crippen LogP contribution is -2.46. The summed E-state index contributed by atoms with van der Waals surface area (Å²) in [4.78, 5) is 51.4. The summed E-state index contributed by atoms with van der Waals surface area (Å²) in [5, 5.41) is 10.8. The third kappa shape index (κ3) is 12.3. The molecule has 3 aromatic rings. The minimum absolute atomic E-state index is 0.0438. The van der Waals surface area contributed by atoms with Crippen LogP contribution in [-0.4, -0.2) is 51.4 Å². The topological polar surface area (TPSA) is 135 Å². The van der Waals surface area contributed by atoms with Crippen molar-refractivity contribution in [2.45, 2.75) is 40.9 Å². The standard InChI is InChI=1S/C31H33Br3N4O6/c1-3-43-27(39)25(16-21-10-6-4-7-11-21)38-30(42)36-24-18-23(15-14-20(24)2)35-29(41)37-26(17-22-12-8-5-9-13-22)28(40)44-19-31(32,33)34/h4-15,18,25-26H,3,16-17,19H2,1-2H3,(H2,35,37,41)(H2,36,38,42)/t25-,26-/m0/s1. The summed E-state index contributed by atoms with van der Waals surface area (Å²) < 4.78 is 9.72. The highest BCUT2D eigenvalue weighted by Gasteiger charge is 2.27. The molecular weight excluding hydrogens is 764 g/mol. The Morgan fingerprint density at radius 1 is 0.727 bits per heavy atom. The highest BCUT2D eigenvalue weighted by Crippen LogP contribution is 2.33. The zero-order valence-electron chi connectivity index (χ0n) is 24.1. The van der Waals surface area contributed by atoms with Crippen LogP contribution in [0.3, 0.4) is 0 Å². The summed E-state index contributed by atoms with van der Waals surface area (Å²) in [6.07, 6.45) is 0.459. The lowest BCUT2D eigenvalue weighted by Gasteiger charge is -2.20. The van der Waals surface area contributed by atoms with Crippen LogP contribution in [0.1, 0.15) is 23.6 Å². The number of alkyl halides is 3. The fraction of sp³-hybridized carbons (Fsp3) is 0.290. The first-order valence-corrected chi connectivity index (χ1v) is 16.0. The van der Waals surface area contributed by atoms with Crippen LogP contribution in [0.5, 0.6) is 0 Å². The monoisotopic (exact) mass is 794 g/mol. The molecule has 0 bridgehead atoms. The molecule has 0 unspecified atom stereocenters. The minimum Gasteiger partial charge on any atom is -0.464 e. The van der Waals surface area contributed by atoms with E-state index < -0.39 is 38.2 Å². The second-order valence-electron chi connectivity index (χ2n) is 9.69. The lowest BCUT2D eigenvalue weighted by atomic mass is 10.1. The molecule has 0 aliphatic heterocycles. The van der Waals surface area contributed by atoms with Gasteiger partial charge in [-0.15, -0.1) is 0 Å². The number of anilines is 2. The van der Waals surface area contributed by atoms with E-state index in [1.165, 1.54) is 0 Å². The van der Waals surface area contributed by atoms with E-state index in [-0.39, 0.29) is 26.1 Å². The Hall–Kier alpha value is -3.42. The molecule has 0 radical (unpaired) electrons. The van der Waals surface area contributed by atoms with Crippen molar-refractivity contribution in [1.82, 2.24) is 10.6 Å². The number of amides is 4. The Morgan fingerprint density at radius 3 is 1.73 bits per heavy atom. The maximum absolute atomic E-state index is 13.0. The SMILES string of the molecule is CCOC(=O)[C@H](Cc1ccccc1)NC(=O)Nc1cc(NC(=O)N[C@@H](Cc2ccccc2)C(=O)OCC(Br)(Br)Br)ccc1C. The Kier molecular flexibility index (Phi) is 13.7. The van der Waals surface area contributed by atoms with Gasteiger partial charge in [0, 0.05) is 24.2 Å². The van der Waals surface area contributed by atoms with Crippen LogP contribution in [0.2, 0.25) is 0 Å². The van der Waals surface area contributed by atoms with E-state index >= 15 is 0 Å². The van der Waals surface area contributed by atoms with Crippen molar-refractivity contribution in [1.29, 1.82) is 0 Å². The highest BCUT2D eigenvalue weighted by atomic mass is 80.0. The van der Waals surface area contributed by atoms with Gasteiger partial charge in [0.2, 0.25) is 0 Å². The number of rotatable bonds is 12. The molecule has 0 aromatic heterocycles. The predicted molar refractivity (Wildman–Crippen MR) is 180 cm³/mol. The number of carbonyl (C=O) groups is 4. The minimum atomic E-state index is -0.981. The van der Waals surface area contributed by atoms with Crippen LogP contribution in [0.15, 0.2) is 78.9 Å². The molecule has 3 aromatic carbocycles. The summed E-state index contributed by atoms with van der Waals surface area (Å²) in [7, 11) is 0. The summed E-state index contributed by atoms with van der Waals surface area (Å²) in [5.74, 6) is -1.17. The van der Waals surface area contributed by atoms with Gasteiger partial charge in [-0.2, -0.15) is 0 Å². The maximum Gasteiger partial charge on any atom is 0.329 e. The van der Waals surface area contributed by atoms with Gasteiger partial charge in [-0.05, 0) is 42.7 Å². The van der Waals surface area contributed by atoms with Gasteiger partial charge in [0.1, 0.15) is 18.7 Å². The molecular formula is C31H33Br3N4O6. The number of hydrogen-bond donors (Lipinski definition) is 4. The lowest BCUT2D eigenvalue weighted by molar-refractivity contribution is -0.146. The van der Waals surface area contributed by atoms with Gasteiger partial charge < -0.3 is 30.7 Å². The van der Waals surface area contributed by atoms with Crippen LogP contribution in [0.25, 0.3) is 0 Å². The second-order valence-corrected chi connectivity index (χ2v) is 16.9. The first kappa shape index (κ1) is 35.1. The number of benzene rings is 3. The van der Waals surface area contributed by atoms with Gasteiger partial charge in [-0.3, -0.25) is 0 Å². The normalized spacial score (nSPS) is 12.3. The number of aryl methyl sites for hydroxylation is 1. The fourth-order valence-electron chi connectivity index (χ4n) is 4.06. The van der Waals surface area contributed by atoms with Crippen LogP contribution in [-0.2, 0) is 31.9 Å². The molecule has 4 N–H and O–H groups in total. The molecule has 0 heterocycles. The molecule has 0 fully saturated rings. The molecule has 0 aliphatic carbocycles. The molecule has 13 heteroatoms. The molecule has 4 amide bonds. The number of carbonyl (C=O) groups excluding carboxylic acids is 4. The zero-order valence-corrected chi connectivity index (χ0v) is 28.8. The van der Waals surface area contributed by atoms with Crippen LogP contribution in [0.4, 0.5) is 21.0 Å². The Labute approximate surface area is 281 Å². The van der Waals surface area contributed by atoms with E-state index in [2.05, 4.69) is 69.1 Å². The van der Waals surface area contributed by atoms with Crippen molar-refractivity contribution in [3.63, 3.8) is 0 Å². The molecule has 3 rings (SSSR count). The van der Waals surface area contributed by atoms with Gasteiger partial charge in [-0.1, -0.05) is 115 Å². The predicted octanol–water partition coefficient (Wildman–Crippen LogP) is 6.41. The molecule has 2 atom stereocenters. The molecule has 0 saturated heterocycles. The van der Waals surface area contributed by atoms with E-state index in [1.54, 1.807) is 32.0 Å². The Balaban J connectivity index is 1.67. The second kappa shape index (κ2) is 17.2. The average Bonchev–Trinajstić information content (AvgIpc) is 2.97. The number of esters is 2. The van der Waals surface area contributed by atoms with Gasteiger partial charge in [-0.25, -0.2) is 19.2 Å². The van der Waals surface area contributed by atoms with Crippen molar-refractivity contribution in [2.75, 3.05) is 23.8 Å². The smallest absolute Gasteiger partial charge is 0.329 e. The fourth-order valence-corrected chi connectivity index (χ4v) is 4.40. The van der Waals surface area contributed by atoms with Crippen LogP contribution >= 0.6 is 47.8 Å². The van der Waals surface area contributed by atoms with Gasteiger partial charge in [0.05, 0.1) is 6.61 Å². The van der Waals surface area contributed by atoms with Gasteiger partial charge in [0.15, 0.2) is 2.14 Å². The molecule has 0 aliphatic rings. The van der Waals surface area contributed by atoms with Gasteiger partial charge in [0.25, 0.3) is 0 Å². The molecule has 10 nitrogen and oxygen atoms in total. The number of hydrogen-bond acceptors (Lipinski definition) is 6. The number of ether oxygens (including phenoxy) is 2. The zero-order chi connectivity index (χ0) is 32.1. The van der Waals surface area contributed by atoms with E-state index in [0.717, 1.165) is 16.7 Å². The van der Waals surface area contributed by atoms with E-state index in [9.17, 15) is 19.2 Å². The van der Waals surface area contributed by atoms with E-state index in [0.29, 0.717) is 11.4 Å². The molecule has 0 saturated carbocycles. The van der Waals surface area contributed by atoms with Crippen LogP contribution in [0, 0.1) is 6.92 Å². The van der Waals surface area contributed by atoms with E-state index in [1.807, 2.05) is 60.7 Å². The highest BCUT2D eigenvalue weighted by molar-refractivity contribution is 9.39. The summed E-state index contributed by atoms with van der Waals surface area (Å²) in [5.41, 5.74) is 3.18. The maximum atomic E-state index is 13.0. The number of nitrogens with one attached hydrogen (secondary N) is 4. The van der Waals surface area contributed by atoms with Crippen molar-refractivity contribution in [3.05, 3.63) is 95.6 Å². The average molecular weight is 797 g/mol. The van der Waals surface area contributed by atoms with Crippen molar-refractivity contribution < 1.29 is 28.7 Å². The van der Waals surface area contributed by atoms with Crippen molar-refractivity contribution >= 4 is 83.2 Å². The Morgan fingerprint density at radius 2 is 1.23 bits per heavy atom. The van der Waals surface area contributed by atoms with Crippen molar-refractivity contribution in [3.8, 4) is 0 Å². The third-order valence-electron chi connectivity index (χ3n) is 6.15. The largest absolute Gasteiger partial charge is 0.464 e. The quantitative estimate of drug-likeness (QED) is 0.124.